The van der Waals surface area contributed by atoms with Gasteiger partial charge in [-0.1, -0.05) is 0 Å². The van der Waals surface area contributed by atoms with Crippen molar-refractivity contribution in [3.63, 3.8) is 0 Å². The van der Waals surface area contributed by atoms with Gasteiger partial charge in [-0.15, -0.1) is 0 Å². The predicted molar refractivity (Wildman–Crippen MR) is 81.5 cm³/mol. The number of nitrogens with zero attached hydrogens (tertiary/aromatic N) is 1. The summed E-state index contributed by atoms with van der Waals surface area (Å²) in [7, 11) is 1.68. The maximum absolute atomic E-state index is 11.6. The molecule has 1 aromatic rings. The van der Waals surface area contributed by atoms with Crippen molar-refractivity contribution in [1.29, 1.82) is 0 Å². The Morgan fingerprint density at radius 1 is 1.33 bits per heavy atom. The van der Waals surface area contributed by atoms with Crippen molar-refractivity contribution >= 4 is 5.97 Å². The minimum absolute atomic E-state index is 0.0592. The van der Waals surface area contributed by atoms with Crippen molar-refractivity contribution in [3.8, 4) is 5.88 Å². The molecule has 21 heavy (non-hydrogen) atoms. The molecule has 2 rings (SSSR count). The Morgan fingerprint density at radius 2 is 2.05 bits per heavy atom. The maximum Gasteiger partial charge on any atom is 0.306 e. The van der Waals surface area contributed by atoms with Crippen LogP contribution in [0, 0.1) is 12.8 Å². The number of aryl methyl sites for hydroxylation is 1. The number of esters is 1. The van der Waals surface area contributed by atoms with Crippen molar-refractivity contribution in [2.75, 3.05) is 13.7 Å². The van der Waals surface area contributed by atoms with Crippen LogP contribution in [0.4, 0.5) is 0 Å². The van der Waals surface area contributed by atoms with Gasteiger partial charge in [0.25, 0.3) is 0 Å². The van der Waals surface area contributed by atoms with Crippen LogP contribution >= 0.6 is 0 Å². The van der Waals surface area contributed by atoms with Crippen LogP contribution in [0.15, 0.2) is 12.3 Å². The Balaban J connectivity index is 1.97. The van der Waals surface area contributed by atoms with Crippen LogP contribution in [0.3, 0.4) is 0 Å². The molecule has 0 spiro atoms. The highest BCUT2D eigenvalue weighted by molar-refractivity contribution is 5.69. The van der Waals surface area contributed by atoms with Gasteiger partial charge in [-0.3, -0.25) is 4.79 Å². The van der Waals surface area contributed by atoms with Gasteiger partial charge in [0.2, 0.25) is 5.88 Å². The van der Waals surface area contributed by atoms with E-state index in [1.165, 1.54) is 11.1 Å². The fourth-order valence-corrected chi connectivity index (χ4v) is 3.31. The number of methoxy groups -OCH3 is 1. The van der Waals surface area contributed by atoms with Crippen molar-refractivity contribution in [3.05, 3.63) is 23.4 Å². The Bertz CT molecular complexity index is 479. The van der Waals surface area contributed by atoms with Crippen LogP contribution in [0.25, 0.3) is 0 Å². The van der Waals surface area contributed by atoms with Gasteiger partial charge in [0.15, 0.2) is 0 Å². The quantitative estimate of drug-likeness (QED) is 0.777. The van der Waals surface area contributed by atoms with Gasteiger partial charge in [-0.05, 0) is 63.0 Å². The predicted octanol–water partition coefficient (Wildman–Crippen LogP) is 3.63. The lowest BCUT2D eigenvalue weighted by Crippen LogP contribution is -2.18. The molecule has 0 amide bonds. The second-order valence-corrected chi connectivity index (χ2v) is 5.78. The molecule has 1 saturated carbocycles. The van der Waals surface area contributed by atoms with E-state index in [9.17, 15) is 4.79 Å². The first-order valence-electron chi connectivity index (χ1n) is 7.80. The van der Waals surface area contributed by atoms with E-state index >= 15 is 0 Å². The van der Waals surface area contributed by atoms with Crippen molar-refractivity contribution in [2.45, 2.75) is 51.9 Å². The molecule has 1 aliphatic carbocycles. The first-order valence-corrected chi connectivity index (χ1v) is 7.80. The number of carbonyl (C=O) groups is 1. The molecular formula is C17H25NO3. The molecule has 0 radical (unpaired) electrons. The Hall–Kier alpha value is -1.58. The largest absolute Gasteiger partial charge is 0.481 e. The normalized spacial score (nSPS) is 21.9. The minimum atomic E-state index is -0.0592. The molecule has 4 heteroatoms. The van der Waals surface area contributed by atoms with Crippen molar-refractivity contribution < 1.29 is 14.3 Å². The molecule has 0 unspecified atom stereocenters. The van der Waals surface area contributed by atoms with Crippen LogP contribution < -0.4 is 4.74 Å². The summed E-state index contributed by atoms with van der Waals surface area (Å²) in [6.07, 6.45) is 6.68. The first kappa shape index (κ1) is 15.8. The van der Waals surface area contributed by atoms with E-state index in [1.807, 2.05) is 13.0 Å². The van der Waals surface area contributed by atoms with E-state index in [1.54, 1.807) is 13.3 Å². The fraction of sp³-hybridized carbons (Fsp3) is 0.647. The number of pyridine rings is 1. The topological polar surface area (TPSA) is 48.4 Å². The highest BCUT2D eigenvalue weighted by Crippen LogP contribution is 2.41. The van der Waals surface area contributed by atoms with E-state index in [4.69, 9.17) is 9.47 Å². The number of rotatable bonds is 5. The van der Waals surface area contributed by atoms with Gasteiger partial charge >= 0.3 is 5.97 Å². The van der Waals surface area contributed by atoms with Gasteiger partial charge in [0, 0.05) is 18.2 Å². The third-order valence-corrected chi connectivity index (χ3v) is 4.38. The molecule has 0 aromatic carbocycles. The third-order valence-electron chi connectivity index (χ3n) is 4.38. The summed E-state index contributed by atoms with van der Waals surface area (Å²) >= 11 is 0. The zero-order valence-corrected chi connectivity index (χ0v) is 13.2. The SMILES string of the molecule is CCOC(=O)CC1CCC(c2c(C)ccnc2OC)CC1. The molecule has 0 bridgehead atoms. The molecule has 1 heterocycles. The summed E-state index contributed by atoms with van der Waals surface area (Å²) in [4.78, 5) is 15.9. The molecule has 0 saturated heterocycles. The molecule has 1 aromatic heterocycles. The smallest absolute Gasteiger partial charge is 0.306 e. The summed E-state index contributed by atoms with van der Waals surface area (Å²) < 4.78 is 10.5. The summed E-state index contributed by atoms with van der Waals surface area (Å²) in [6, 6.07) is 2.04. The van der Waals surface area contributed by atoms with Crippen LogP contribution in [0.1, 0.15) is 56.1 Å². The highest BCUT2D eigenvalue weighted by atomic mass is 16.5. The van der Waals surface area contributed by atoms with Gasteiger partial charge in [-0.2, -0.15) is 0 Å². The fourth-order valence-electron chi connectivity index (χ4n) is 3.31. The average molecular weight is 291 g/mol. The van der Waals surface area contributed by atoms with Crippen LogP contribution in [-0.4, -0.2) is 24.7 Å². The molecule has 4 nitrogen and oxygen atoms in total. The second kappa shape index (κ2) is 7.43. The summed E-state index contributed by atoms with van der Waals surface area (Å²) in [6.45, 7) is 4.44. The summed E-state index contributed by atoms with van der Waals surface area (Å²) in [5.74, 6) is 1.65. The third kappa shape index (κ3) is 3.96. The monoisotopic (exact) mass is 291 g/mol. The molecule has 116 valence electrons. The standard InChI is InChI=1S/C17H25NO3/c1-4-21-15(19)11-13-5-7-14(8-6-13)16-12(2)9-10-18-17(16)20-3/h9-10,13-14H,4-8,11H2,1-3H3. The lowest BCUT2D eigenvalue weighted by Gasteiger charge is -2.29. The molecule has 0 atom stereocenters. The van der Waals surface area contributed by atoms with Gasteiger partial charge in [-0.25, -0.2) is 4.98 Å². The van der Waals surface area contributed by atoms with E-state index in [2.05, 4.69) is 11.9 Å². The summed E-state index contributed by atoms with van der Waals surface area (Å²) in [5, 5.41) is 0. The second-order valence-electron chi connectivity index (χ2n) is 5.78. The van der Waals surface area contributed by atoms with E-state index in [0.717, 1.165) is 31.6 Å². The average Bonchev–Trinajstić information content (AvgIpc) is 2.48. The number of hydrogen-bond acceptors (Lipinski definition) is 4. The van der Waals surface area contributed by atoms with Gasteiger partial charge < -0.3 is 9.47 Å². The zero-order chi connectivity index (χ0) is 15.2. The molecule has 1 fully saturated rings. The summed E-state index contributed by atoms with van der Waals surface area (Å²) in [5.41, 5.74) is 2.49. The molecule has 0 aliphatic heterocycles. The number of carbonyl (C=O) groups excluding carboxylic acids is 1. The van der Waals surface area contributed by atoms with Crippen molar-refractivity contribution in [2.24, 2.45) is 5.92 Å². The Kier molecular flexibility index (Phi) is 5.59. The Labute approximate surface area is 126 Å². The number of ether oxygens (including phenoxy) is 2. The lowest BCUT2D eigenvalue weighted by atomic mass is 9.77. The molecule has 0 N–H and O–H groups in total. The number of hydrogen-bond donors (Lipinski definition) is 0. The zero-order valence-electron chi connectivity index (χ0n) is 13.2. The van der Waals surface area contributed by atoms with E-state index in [0.29, 0.717) is 24.9 Å². The van der Waals surface area contributed by atoms with Gasteiger partial charge in [0.1, 0.15) is 0 Å². The van der Waals surface area contributed by atoms with Gasteiger partial charge in [0.05, 0.1) is 13.7 Å². The van der Waals surface area contributed by atoms with Crippen molar-refractivity contribution in [1.82, 2.24) is 4.98 Å². The van der Waals surface area contributed by atoms with Crippen LogP contribution in [0.2, 0.25) is 0 Å². The van der Waals surface area contributed by atoms with E-state index in [-0.39, 0.29) is 5.97 Å². The lowest BCUT2D eigenvalue weighted by molar-refractivity contribution is -0.144. The highest BCUT2D eigenvalue weighted by Gasteiger charge is 2.27. The molecular weight excluding hydrogens is 266 g/mol. The van der Waals surface area contributed by atoms with Crippen LogP contribution in [0.5, 0.6) is 5.88 Å². The first-order chi connectivity index (χ1) is 10.2. The minimum Gasteiger partial charge on any atom is -0.481 e. The number of aromatic nitrogens is 1. The maximum atomic E-state index is 11.6. The van der Waals surface area contributed by atoms with E-state index < -0.39 is 0 Å². The molecule has 1 aliphatic rings. The Morgan fingerprint density at radius 3 is 2.67 bits per heavy atom. The van der Waals surface area contributed by atoms with Crippen LogP contribution in [-0.2, 0) is 9.53 Å².